The van der Waals surface area contributed by atoms with E-state index in [1.807, 2.05) is 0 Å². The molecular weight excluding hydrogens is 333 g/mol. The number of ether oxygens (including phenoxy) is 1. The van der Waals surface area contributed by atoms with Gasteiger partial charge in [-0.15, -0.1) is 0 Å². The Kier molecular flexibility index (Phi) is 11.6. The minimum absolute atomic E-state index is 0. The summed E-state index contributed by atoms with van der Waals surface area (Å²) < 4.78 is 37.4. The van der Waals surface area contributed by atoms with Gasteiger partial charge in [0.05, 0.1) is 28.4 Å². The molecule has 0 aromatic rings. The van der Waals surface area contributed by atoms with Crippen LogP contribution in [-0.4, -0.2) is 42.7 Å². The first-order chi connectivity index (χ1) is 9.91. The molecule has 2 unspecified atom stereocenters. The van der Waals surface area contributed by atoms with E-state index in [2.05, 4.69) is 5.32 Å². The van der Waals surface area contributed by atoms with Gasteiger partial charge in [-0.2, -0.15) is 0 Å². The van der Waals surface area contributed by atoms with E-state index in [1.165, 1.54) is 13.8 Å². The van der Waals surface area contributed by atoms with Crippen molar-refractivity contribution >= 4 is 22.0 Å². The predicted octanol–water partition coefficient (Wildman–Crippen LogP) is -1.95. The molecule has 2 atom stereocenters. The number of esters is 1. The largest absolute Gasteiger partial charge is 1.00 e. The zero-order valence-electron chi connectivity index (χ0n) is 14.8. The molecule has 0 rings (SSSR count). The maximum absolute atomic E-state index is 12.2. The van der Waals surface area contributed by atoms with Crippen LogP contribution in [0.1, 0.15) is 47.5 Å². The molecule has 0 fully saturated rings. The third kappa shape index (κ3) is 11.1. The second-order valence-corrected chi connectivity index (χ2v) is 7.47. The molecule has 0 aliphatic rings. The van der Waals surface area contributed by atoms with Crippen molar-refractivity contribution in [1.82, 2.24) is 5.32 Å². The minimum atomic E-state index is -4.44. The molecule has 9 heteroatoms. The summed E-state index contributed by atoms with van der Waals surface area (Å²) >= 11 is 0. The molecule has 0 aromatic carbocycles. The quantitative estimate of drug-likeness (QED) is 0.291. The molecule has 0 heterocycles. The summed E-state index contributed by atoms with van der Waals surface area (Å²) in [5.41, 5.74) is -1.15. The summed E-state index contributed by atoms with van der Waals surface area (Å²) in [4.78, 5) is 23.8. The molecule has 0 saturated carbocycles. The number of carbonyl (C=O) groups is 2. The van der Waals surface area contributed by atoms with Gasteiger partial charge in [-0.3, -0.25) is 9.59 Å². The van der Waals surface area contributed by atoms with Crippen LogP contribution < -0.4 is 34.9 Å². The van der Waals surface area contributed by atoms with E-state index in [0.717, 1.165) is 0 Å². The summed E-state index contributed by atoms with van der Waals surface area (Å²) in [6.45, 7) is 8.42. The normalized spacial score (nSPS) is 14.3. The molecule has 0 aliphatic heterocycles. The van der Waals surface area contributed by atoms with Crippen LogP contribution in [0.25, 0.3) is 0 Å². The van der Waals surface area contributed by atoms with Gasteiger partial charge >= 0.3 is 35.5 Å². The van der Waals surface area contributed by atoms with E-state index in [1.54, 1.807) is 20.8 Å². The summed E-state index contributed by atoms with van der Waals surface area (Å²) in [7, 11) is -4.44. The van der Waals surface area contributed by atoms with E-state index >= 15 is 0 Å². The molecule has 23 heavy (non-hydrogen) atoms. The third-order valence-corrected chi connectivity index (χ3v) is 4.27. The first kappa shape index (κ1) is 25.1. The van der Waals surface area contributed by atoms with Crippen LogP contribution in [0, 0.1) is 11.8 Å². The van der Waals surface area contributed by atoms with Crippen LogP contribution in [0.2, 0.25) is 0 Å². The average Bonchev–Trinajstić information content (AvgIpc) is 2.31. The van der Waals surface area contributed by atoms with Crippen LogP contribution in [-0.2, 0) is 24.4 Å². The molecule has 130 valence electrons. The Balaban J connectivity index is 0. The maximum Gasteiger partial charge on any atom is 1.00 e. The molecule has 0 aromatic heterocycles. The van der Waals surface area contributed by atoms with Gasteiger partial charge in [-0.25, -0.2) is 8.42 Å². The number of rotatable bonds is 9. The predicted molar refractivity (Wildman–Crippen MR) is 81.0 cm³/mol. The van der Waals surface area contributed by atoms with Gasteiger partial charge in [0, 0.05) is 11.5 Å². The van der Waals surface area contributed by atoms with Gasteiger partial charge in [0.25, 0.3) is 0 Å². The second kappa shape index (κ2) is 10.7. The van der Waals surface area contributed by atoms with Gasteiger partial charge in [-0.05, 0) is 33.6 Å². The Labute approximate surface area is 161 Å². The number of carbonyl (C=O) groups excluding carboxylic acids is 2. The number of nitrogens with one attached hydrogen (secondary N) is 1. The van der Waals surface area contributed by atoms with Crippen LogP contribution in [0.5, 0.6) is 0 Å². The molecule has 0 spiro atoms. The summed E-state index contributed by atoms with van der Waals surface area (Å²) in [6.07, 6.45) is 0.803. The van der Waals surface area contributed by atoms with E-state index < -0.39 is 33.2 Å². The summed E-state index contributed by atoms with van der Waals surface area (Å²) in [5.74, 6) is -2.30. The number of hydrogen-bond acceptors (Lipinski definition) is 6. The zero-order valence-corrected chi connectivity index (χ0v) is 17.7. The van der Waals surface area contributed by atoms with Crippen molar-refractivity contribution < 1.29 is 56.9 Å². The molecule has 7 nitrogen and oxygen atoms in total. The van der Waals surface area contributed by atoms with E-state index in [0.29, 0.717) is 12.8 Å². The first-order valence-corrected chi connectivity index (χ1v) is 8.91. The molecule has 0 aliphatic carbocycles. The topological polar surface area (TPSA) is 113 Å². The molecule has 0 saturated heterocycles. The number of hydrogen-bond donors (Lipinski definition) is 1. The number of amides is 1. The molecule has 0 radical (unpaired) electrons. The second-order valence-electron chi connectivity index (χ2n) is 6.07. The van der Waals surface area contributed by atoms with Gasteiger partial charge in [0.1, 0.15) is 0 Å². The van der Waals surface area contributed by atoms with Gasteiger partial charge in [-0.1, -0.05) is 13.8 Å². The Morgan fingerprint density at radius 2 is 1.78 bits per heavy atom. The standard InChI is InChI=1S/C14H27NO6S.Na/c1-6-11(8-10(3)13(17)21-7-2)12(16)15-14(4,5)9-22(18,19)20;/h10-11H,6-9H2,1-5H3,(H,15,16)(H,18,19,20);/q;+1/p-1. The fourth-order valence-electron chi connectivity index (χ4n) is 2.18. The smallest absolute Gasteiger partial charge is 0.748 e. The Hall–Kier alpha value is -0.150. The molecule has 0 bridgehead atoms. The van der Waals surface area contributed by atoms with E-state index in [-0.39, 0.29) is 48.0 Å². The van der Waals surface area contributed by atoms with Gasteiger partial charge < -0.3 is 14.6 Å². The van der Waals surface area contributed by atoms with Crippen molar-refractivity contribution in [3.8, 4) is 0 Å². The van der Waals surface area contributed by atoms with Gasteiger partial charge in [0.2, 0.25) is 5.91 Å². The summed E-state index contributed by atoms with van der Waals surface area (Å²) in [5, 5.41) is 2.57. The molecule has 1 N–H and O–H groups in total. The third-order valence-electron chi connectivity index (χ3n) is 3.19. The van der Waals surface area contributed by atoms with Crippen molar-refractivity contribution in [2.75, 3.05) is 12.4 Å². The van der Waals surface area contributed by atoms with Gasteiger partial charge in [0.15, 0.2) is 0 Å². The van der Waals surface area contributed by atoms with Crippen molar-refractivity contribution in [3.63, 3.8) is 0 Å². The Morgan fingerprint density at radius 3 is 2.17 bits per heavy atom. The monoisotopic (exact) mass is 359 g/mol. The maximum atomic E-state index is 12.2. The zero-order chi connectivity index (χ0) is 17.6. The van der Waals surface area contributed by atoms with Crippen molar-refractivity contribution in [3.05, 3.63) is 0 Å². The van der Waals surface area contributed by atoms with Crippen molar-refractivity contribution in [2.24, 2.45) is 11.8 Å². The van der Waals surface area contributed by atoms with Crippen molar-refractivity contribution in [1.29, 1.82) is 0 Å². The Bertz CT molecular complexity index is 491. The fraction of sp³-hybridized carbons (Fsp3) is 0.857. The SMILES string of the molecule is CCOC(=O)C(C)CC(CC)C(=O)NC(C)(C)CS(=O)(=O)[O-].[Na+]. The molecule has 1 amide bonds. The van der Waals surface area contributed by atoms with Crippen LogP contribution in [0.3, 0.4) is 0 Å². The van der Waals surface area contributed by atoms with Crippen LogP contribution in [0.4, 0.5) is 0 Å². The van der Waals surface area contributed by atoms with Crippen LogP contribution >= 0.6 is 0 Å². The van der Waals surface area contributed by atoms with Crippen molar-refractivity contribution in [2.45, 2.75) is 53.0 Å². The fourth-order valence-corrected chi connectivity index (χ4v) is 3.14. The van der Waals surface area contributed by atoms with E-state index in [4.69, 9.17) is 4.74 Å². The molecular formula is C14H26NNaO6S. The first-order valence-electron chi connectivity index (χ1n) is 7.34. The van der Waals surface area contributed by atoms with Crippen LogP contribution in [0.15, 0.2) is 0 Å². The minimum Gasteiger partial charge on any atom is -0.748 e. The summed E-state index contributed by atoms with van der Waals surface area (Å²) in [6, 6.07) is 0. The Morgan fingerprint density at radius 1 is 1.26 bits per heavy atom. The average molecular weight is 359 g/mol. The van der Waals surface area contributed by atoms with E-state index in [9.17, 15) is 22.6 Å².